The fraction of sp³-hybridized carbons (Fsp3) is 0.448. The third kappa shape index (κ3) is 7.84. The van der Waals surface area contributed by atoms with Crippen molar-refractivity contribution >= 4 is 40.8 Å². The maximum atomic E-state index is 13.3. The van der Waals surface area contributed by atoms with Crippen LogP contribution in [-0.4, -0.2) is 65.2 Å². The van der Waals surface area contributed by atoms with Crippen molar-refractivity contribution in [3.05, 3.63) is 52.7 Å². The first-order chi connectivity index (χ1) is 18.8. The molecule has 1 aliphatic rings. The molecule has 3 aromatic rings. The van der Waals surface area contributed by atoms with Gasteiger partial charge in [-0.1, -0.05) is 6.07 Å². The number of piperazine rings is 1. The molecule has 1 N–H and O–H groups in total. The fourth-order valence-corrected chi connectivity index (χ4v) is 4.88. The van der Waals surface area contributed by atoms with Gasteiger partial charge in [-0.05, 0) is 70.9 Å². The number of benzene rings is 1. The van der Waals surface area contributed by atoms with Gasteiger partial charge in [-0.2, -0.15) is 0 Å². The maximum Gasteiger partial charge on any atom is 0.412 e. The van der Waals surface area contributed by atoms with E-state index < -0.39 is 17.3 Å². The van der Waals surface area contributed by atoms with Crippen LogP contribution in [0.25, 0.3) is 11.1 Å². The van der Waals surface area contributed by atoms with E-state index in [4.69, 9.17) is 13.9 Å². The summed E-state index contributed by atoms with van der Waals surface area (Å²) in [4.78, 5) is 46.5. The summed E-state index contributed by atoms with van der Waals surface area (Å²) < 4.78 is 16.1. The summed E-state index contributed by atoms with van der Waals surface area (Å²) in [6.07, 6.45) is 2.32. The van der Waals surface area contributed by atoms with Crippen LogP contribution in [0.5, 0.6) is 0 Å². The number of rotatable bonds is 6. The number of hydrogen-bond acceptors (Lipinski definition) is 9. The molecule has 1 aromatic carbocycles. The van der Waals surface area contributed by atoms with E-state index in [1.54, 1.807) is 44.3 Å². The number of hydrogen-bond donors (Lipinski definition) is 1. The first-order valence-electron chi connectivity index (χ1n) is 13.1. The lowest BCUT2D eigenvalue weighted by Gasteiger charge is -2.35. The summed E-state index contributed by atoms with van der Waals surface area (Å²) >= 11 is 1.28. The average Bonchev–Trinajstić information content (AvgIpc) is 3.56. The Kier molecular flexibility index (Phi) is 8.53. The number of ether oxygens (including phenoxy) is 2. The van der Waals surface area contributed by atoms with Crippen molar-refractivity contribution in [1.29, 1.82) is 0 Å². The molecular formula is C29H36N4O6S. The highest BCUT2D eigenvalue weighted by molar-refractivity contribution is 7.12. The van der Waals surface area contributed by atoms with Gasteiger partial charge >= 0.3 is 12.2 Å². The van der Waals surface area contributed by atoms with Crippen LogP contribution in [0.15, 0.2) is 46.6 Å². The molecule has 40 heavy (non-hydrogen) atoms. The molecule has 0 bridgehead atoms. The molecule has 1 saturated heterocycles. The topological polar surface area (TPSA) is 114 Å². The number of aromatic nitrogens is 1. The molecule has 1 fully saturated rings. The quantitative estimate of drug-likeness (QED) is 0.348. The van der Waals surface area contributed by atoms with Crippen LogP contribution in [-0.2, 0) is 15.9 Å². The lowest BCUT2D eigenvalue weighted by Crippen LogP contribution is -2.50. The molecule has 0 atom stereocenters. The van der Waals surface area contributed by atoms with Crippen LogP contribution >= 0.6 is 11.3 Å². The lowest BCUT2D eigenvalue weighted by molar-refractivity contribution is 0.0240. The minimum absolute atomic E-state index is 0.0379. The van der Waals surface area contributed by atoms with Crippen LogP contribution in [0.4, 0.5) is 21.1 Å². The van der Waals surface area contributed by atoms with Gasteiger partial charge in [0.25, 0.3) is 0 Å². The molecule has 2 amide bonds. The van der Waals surface area contributed by atoms with Crippen LogP contribution in [0.3, 0.4) is 0 Å². The number of nitrogens with zero attached hydrogens (tertiary/aromatic N) is 3. The maximum absolute atomic E-state index is 13.3. The number of thiazole rings is 1. The van der Waals surface area contributed by atoms with Gasteiger partial charge in [0.15, 0.2) is 10.8 Å². The second-order valence-electron chi connectivity index (χ2n) is 11.6. The van der Waals surface area contributed by atoms with E-state index >= 15 is 0 Å². The molecule has 3 heterocycles. The summed E-state index contributed by atoms with van der Waals surface area (Å²) in [6, 6.07) is 7.30. The Labute approximate surface area is 238 Å². The first-order valence-corrected chi connectivity index (χ1v) is 14.0. The van der Waals surface area contributed by atoms with Crippen LogP contribution in [0.2, 0.25) is 0 Å². The largest absolute Gasteiger partial charge is 0.472 e. The van der Waals surface area contributed by atoms with Gasteiger partial charge in [-0.3, -0.25) is 10.1 Å². The summed E-state index contributed by atoms with van der Waals surface area (Å²) in [7, 11) is 0. The Hall–Kier alpha value is -3.86. The minimum Gasteiger partial charge on any atom is -0.472 e. The van der Waals surface area contributed by atoms with Gasteiger partial charge < -0.3 is 23.7 Å². The Bertz CT molecular complexity index is 1350. The smallest absolute Gasteiger partial charge is 0.412 e. The van der Waals surface area contributed by atoms with Gasteiger partial charge in [0, 0.05) is 49.2 Å². The molecule has 11 heteroatoms. The number of amides is 2. The molecular weight excluding hydrogens is 532 g/mol. The van der Waals surface area contributed by atoms with Crippen molar-refractivity contribution in [2.24, 2.45) is 0 Å². The van der Waals surface area contributed by atoms with E-state index in [1.807, 2.05) is 44.4 Å². The van der Waals surface area contributed by atoms with E-state index in [-0.39, 0.29) is 18.3 Å². The Balaban J connectivity index is 1.45. The van der Waals surface area contributed by atoms with Gasteiger partial charge in [-0.15, -0.1) is 11.3 Å². The zero-order chi connectivity index (χ0) is 29.1. The van der Waals surface area contributed by atoms with Crippen molar-refractivity contribution in [2.45, 2.75) is 59.2 Å². The Morgan fingerprint density at radius 3 is 2.30 bits per heavy atom. The zero-order valence-corrected chi connectivity index (χ0v) is 24.6. The lowest BCUT2D eigenvalue weighted by atomic mass is 10.0. The normalized spacial score (nSPS) is 14.2. The van der Waals surface area contributed by atoms with Crippen LogP contribution in [0, 0.1) is 0 Å². The van der Waals surface area contributed by atoms with Gasteiger partial charge in [-0.25, -0.2) is 14.6 Å². The Morgan fingerprint density at radius 2 is 1.68 bits per heavy atom. The molecule has 0 radical (unpaired) electrons. The summed E-state index contributed by atoms with van der Waals surface area (Å²) in [6.45, 7) is 13.1. The number of Topliss-reactive ketones (excluding diaryl/α,β-unsaturated/α-hetero) is 1. The highest BCUT2D eigenvalue weighted by Gasteiger charge is 2.27. The standard InChI is InChI=1S/C29H36N4O6S/c1-28(2,3)38-26(35)30-22-8-7-19(20-9-14-37-17-20)15-21(22)16-23(34)25-31-24(18-40-25)32-10-12-33(13-11-32)27(36)39-29(4,5)6/h7-9,14-15,17-18H,10-13,16H2,1-6H3,(H,30,35). The SMILES string of the molecule is CC(C)(C)OC(=O)Nc1ccc(-c2ccoc2)cc1CC(=O)c1nc(N2CCN(C(=O)OC(C)(C)C)CC2)cs1. The van der Waals surface area contributed by atoms with E-state index in [2.05, 4.69) is 15.2 Å². The molecule has 214 valence electrons. The molecule has 0 saturated carbocycles. The fourth-order valence-electron chi connectivity index (χ4n) is 4.12. The number of carbonyl (C=O) groups is 3. The third-order valence-corrected chi connectivity index (χ3v) is 6.80. The summed E-state index contributed by atoms with van der Waals surface area (Å²) in [5, 5.41) is 5.01. The number of ketones is 1. The van der Waals surface area contributed by atoms with Gasteiger partial charge in [0.05, 0.1) is 12.5 Å². The van der Waals surface area contributed by atoms with E-state index in [0.717, 1.165) is 11.1 Å². The summed E-state index contributed by atoms with van der Waals surface area (Å²) in [5.74, 6) is 0.539. The number of furan rings is 1. The molecule has 0 spiro atoms. The highest BCUT2D eigenvalue weighted by atomic mass is 32.1. The number of nitrogens with one attached hydrogen (secondary N) is 1. The van der Waals surface area contributed by atoms with Crippen molar-refractivity contribution in [3.8, 4) is 11.1 Å². The van der Waals surface area contributed by atoms with Crippen molar-refractivity contribution in [2.75, 3.05) is 36.4 Å². The van der Waals surface area contributed by atoms with E-state index in [1.165, 1.54) is 11.3 Å². The van der Waals surface area contributed by atoms with Crippen molar-refractivity contribution in [1.82, 2.24) is 9.88 Å². The first kappa shape index (κ1) is 29.1. The van der Waals surface area contributed by atoms with Crippen molar-refractivity contribution < 1.29 is 28.3 Å². The van der Waals surface area contributed by atoms with Crippen LogP contribution in [0.1, 0.15) is 56.9 Å². The monoisotopic (exact) mass is 568 g/mol. The van der Waals surface area contributed by atoms with E-state index in [9.17, 15) is 14.4 Å². The van der Waals surface area contributed by atoms with Gasteiger partial charge in [0.2, 0.25) is 0 Å². The molecule has 0 aliphatic carbocycles. The van der Waals surface area contributed by atoms with E-state index in [0.29, 0.717) is 48.3 Å². The molecule has 10 nitrogen and oxygen atoms in total. The molecule has 2 aromatic heterocycles. The second-order valence-corrected chi connectivity index (χ2v) is 12.4. The Morgan fingerprint density at radius 1 is 0.975 bits per heavy atom. The van der Waals surface area contributed by atoms with Crippen molar-refractivity contribution in [3.63, 3.8) is 0 Å². The molecule has 0 unspecified atom stereocenters. The third-order valence-electron chi connectivity index (χ3n) is 5.93. The minimum atomic E-state index is -0.660. The predicted octanol–water partition coefficient (Wildman–Crippen LogP) is 6.23. The number of carbonyl (C=O) groups excluding carboxylic acids is 3. The predicted molar refractivity (Wildman–Crippen MR) is 154 cm³/mol. The highest BCUT2D eigenvalue weighted by Crippen LogP contribution is 2.29. The summed E-state index contributed by atoms with van der Waals surface area (Å²) in [5.41, 5.74) is 1.64. The molecule has 1 aliphatic heterocycles. The number of anilines is 2. The second kappa shape index (κ2) is 11.7. The molecule has 4 rings (SSSR count). The zero-order valence-electron chi connectivity index (χ0n) is 23.8. The van der Waals surface area contributed by atoms with Crippen LogP contribution < -0.4 is 10.2 Å². The van der Waals surface area contributed by atoms with Gasteiger partial charge in [0.1, 0.15) is 17.0 Å². The average molecular weight is 569 g/mol.